The fourth-order valence-corrected chi connectivity index (χ4v) is 3.35. The molecule has 0 aliphatic heterocycles. The Bertz CT molecular complexity index is 758. The molecule has 0 aliphatic rings. The standard InChI is InChI=1S/C18H17NOS/c1-12-6-5-8-14(10-12)13(2)19-18(20)17-11-15-7-3-4-9-16(15)21-17/h3-11,13H,1-2H3,(H,19,20). The highest BCUT2D eigenvalue weighted by Gasteiger charge is 2.14. The van der Waals surface area contributed by atoms with Gasteiger partial charge in [-0.1, -0.05) is 48.0 Å². The Balaban J connectivity index is 1.79. The summed E-state index contributed by atoms with van der Waals surface area (Å²) in [7, 11) is 0. The van der Waals surface area contributed by atoms with Gasteiger partial charge in [0.05, 0.1) is 10.9 Å². The highest BCUT2D eigenvalue weighted by molar-refractivity contribution is 7.20. The van der Waals surface area contributed by atoms with Gasteiger partial charge in [-0.25, -0.2) is 0 Å². The molecular weight excluding hydrogens is 278 g/mol. The summed E-state index contributed by atoms with van der Waals surface area (Å²) in [6.45, 7) is 4.07. The molecule has 1 aromatic heterocycles. The highest BCUT2D eigenvalue weighted by atomic mass is 32.1. The van der Waals surface area contributed by atoms with Crippen molar-refractivity contribution in [2.45, 2.75) is 19.9 Å². The molecule has 1 atom stereocenters. The average molecular weight is 295 g/mol. The molecule has 0 aliphatic carbocycles. The fraction of sp³-hybridized carbons (Fsp3) is 0.167. The number of thiophene rings is 1. The van der Waals surface area contributed by atoms with E-state index < -0.39 is 0 Å². The SMILES string of the molecule is Cc1cccc(C(C)NC(=O)c2cc3ccccc3s2)c1. The summed E-state index contributed by atoms with van der Waals surface area (Å²) in [5.41, 5.74) is 2.33. The Morgan fingerprint density at radius 1 is 1.10 bits per heavy atom. The fourth-order valence-electron chi connectivity index (χ4n) is 2.38. The quantitative estimate of drug-likeness (QED) is 0.745. The van der Waals surface area contributed by atoms with Gasteiger partial charge in [-0.15, -0.1) is 11.3 Å². The number of carbonyl (C=O) groups excluding carboxylic acids is 1. The summed E-state index contributed by atoms with van der Waals surface area (Å²) in [6, 6.07) is 18.3. The van der Waals surface area contributed by atoms with Crippen LogP contribution in [0.1, 0.15) is 33.8 Å². The van der Waals surface area contributed by atoms with Crippen LogP contribution in [0.4, 0.5) is 0 Å². The van der Waals surface area contributed by atoms with E-state index in [1.165, 1.54) is 16.9 Å². The van der Waals surface area contributed by atoms with Crippen molar-refractivity contribution in [3.63, 3.8) is 0 Å². The minimum Gasteiger partial charge on any atom is -0.345 e. The van der Waals surface area contributed by atoms with Crippen molar-refractivity contribution in [2.75, 3.05) is 0 Å². The largest absolute Gasteiger partial charge is 0.345 e. The zero-order valence-corrected chi connectivity index (χ0v) is 12.9. The van der Waals surface area contributed by atoms with E-state index in [1.54, 1.807) is 0 Å². The van der Waals surface area contributed by atoms with E-state index >= 15 is 0 Å². The first-order valence-electron chi connectivity index (χ1n) is 6.99. The lowest BCUT2D eigenvalue weighted by atomic mass is 10.1. The molecule has 3 heteroatoms. The van der Waals surface area contributed by atoms with Gasteiger partial charge < -0.3 is 5.32 Å². The lowest BCUT2D eigenvalue weighted by Crippen LogP contribution is -2.25. The topological polar surface area (TPSA) is 29.1 Å². The van der Waals surface area contributed by atoms with Crippen molar-refractivity contribution in [2.24, 2.45) is 0 Å². The number of hydrogen-bond donors (Lipinski definition) is 1. The third-order valence-corrected chi connectivity index (χ3v) is 4.65. The smallest absolute Gasteiger partial charge is 0.261 e. The number of aryl methyl sites for hydroxylation is 1. The molecule has 0 radical (unpaired) electrons. The van der Waals surface area contributed by atoms with Gasteiger partial charge in [-0.2, -0.15) is 0 Å². The van der Waals surface area contributed by atoms with Crippen LogP contribution in [0.5, 0.6) is 0 Å². The number of benzene rings is 2. The number of hydrogen-bond acceptors (Lipinski definition) is 2. The van der Waals surface area contributed by atoms with Gasteiger partial charge in [0.15, 0.2) is 0 Å². The Hall–Kier alpha value is -2.13. The van der Waals surface area contributed by atoms with Crippen LogP contribution in [-0.4, -0.2) is 5.91 Å². The average Bonchev–Trinajstić information content (AvgIpc) is 2.91. The van der Waals surface area contributed by atoms with Gasteiger partial charge >= 0.3 is 0 Å². The molecule has 2 nitrogen and oxygen atoms in total. The number of carbonyl (C=O) groups is 1. The molecule has 0 fully saturated rings. The summed E-state index contributed by atoms with van der Waals surface area (Å²) in [4.78, 5) is 13.1. The zero-order valence-electron chi connectivity index (χ0n) is 12.1. The van der Waals surface area contributed by atoms with Gasteiger partial charge in [0.2, 0.25) is 0 Å². The first-order valence-corrected chi connectivity index (χ1v) is 7.81. The maximum absolute atomic E-state index is 12.4. The minimum atomic E-state index is -0.00907. The molecule has 1 N–H and O–H groups in total. The van der Waals surface area contributed by atoms with Crippen LogP contribution in [0.3, 0.4) is 0 Å². The van der Waals surface area contributed by atoms with E-state index in [1.807, 2.05) is 49.4 Å². The van der Waals surface area contributed by atoms with E-state index in [4.69, 9.17) is 0 Å². The molecule has 21 heavy (non-hydrogen) atoms. The summed E-state index contributed by atoms with van der Waals surface area (Å²) < 4.78 is 1.14. The van der Waals surface area contributed by atoms with Crippen molar-refractivity contribution in [1.29, 1.82) is 0 Å². The van der Waals surface area contributed by atoms with Crippen LogP contribution >= 0.6 is 11.3 Å². The number of amides is 1. The molecule has 106 valence electrons. The van der Waals surface area contributed by atoms with Crippen LogP contribution in [-0.2, 0) is 0 Å². The molecule has 3 aromatic rings. The van der Waals surface area contributed by atoms with Gasteiger partial charge in [0.25, 0.3) is 5.91 Å². The van der Waals surface area contributed by atoms with Gasteiger partial charge in [0.1, 0.15) is 0 Å². The van der Waals surface area contributed by atoms with E-state index in [0.29, 0.717) is 0 Å². The normalized spacial score (nSPS) is 12.3. The predicted octanol–water partition coefficient (Wildman–Crippen LogP) is 4.70. The summed E-state index contributed by atoms with van der Waals surface area (Å²) in [6.07, 6.45) is 0. The van der Waals surface area contributed by atoms with Crippen LogP contribution in [0.2, 0.25) is 0 Å². The third kappa shape index (κ3) is 2.98. The minimum absolute atomic E-state index is 0.00242. The molecule has 2 aromatic carbocycles. The Kier molecular flexibility index (Phi) is 3.76. The molecule has 0 bridgehead atoms. The summed E-state index contributed by atoms with van der Waals surface area (Å²) >= 11 is 1.53. The predicted molar refractivity (Wildman–Crippen MR) is 88.9 cm³/mol. The summed E-state index contributed by atoms with van der Waals surface area (Å²) in [5, 5.41) is 4.19. The van der Waals surface area contributed by atoms with Gasteiger partial charge in [0, 0.05) is 4.70 Å². The van der Waals surface area contributed by atoms with Crippen molar-refractivity contribution in [1.82, 2.24) is 5.32 Å². The van der Waals surface area contributed by atoms with Crippen molar-refractivity contribution < 1.29 is 4.79 Å². The molecular formula is C18H17NOS. The molecule has 1 unspecified atom stereocenters. The lowest BCUT2D eigenvalue weighted by molar-refractivity contribution is 0.0944. The molecule has 0 saturated heterocycles. The van der Waals surface area contributed by atoms with Crippen molar-refractivity contribution in [3.05, 3.63) is 70.6 Å². The highest BCUT2D eigenvalue weighted by Crippen LogP contribution is 2.25. The number of fused-ring (bicyclic) bond motifs is 1. The van der Waals surface area contributed by atoms with Crippen molar-refractivity contribution in [3.8, 4) is 0 Å². The van der Waals surface area contributed by atoms with Crippen LogP contribution in [0.15, 0.2) is 54.6 Å². The molecule has 1 heterocycles. The Labute approximate surface area is 128 Å². The van der Waals surface area contributed by atoms with E-state index in [-0.39, 0.29) is 11.9 Å². The molecule has 3 rings (SSSR count). The number of nitrogens with one attached hydrogen (secondary N) is 1. The lowest BCUT2D eigenvalue weighted by Gasteiger charge is -2.14. The van der Waals surface area contributed by atoms with Crippen LogP contribution in [0, 0.1) is 6.92 Å². The monoisotopic (exact) mass is 295 g/mol. The van der Waals surface area contributed by atoms with Gasteiger partial charge in [-0.05, 0) is 36.9 Å². The maximum Gasteiger partial charge on any atom is 0.261 e. The maximum atomic E-state index is 12.4. The van der Waals surface area contributed by atoms with E-state index in [9.17, 15) is 4.79 Å². The third-order valence-electron chi connectivity index (χ3n) is 3.54. The second-order valence-corrected chi connectivity index (χ2v) is 6.34. The second kappa shape index (κ2) is 5.70. The summed E-state index contributed by atoms with van der Waals surface area (Å²) in [5.74, 6) is -0.00907. The molecule has 0 saturated carbocycles. The first-order chi connectivity index (χ1) is 10.1. The van der Waals surface area contributed by atoms with E-state index in [0.717, 1.165) is 20.5 Å². The Morgan fingerprint density at radius 3 is 2.67 bits per heavy atom. The Morgan fingerprint density at radius 2 is 1.90 bits per heavy atom. The second-order valence-electron chi connectivity index (χ2n) is 5.26. The van der Waals surface area contributed by atoms with Gasteiger partial charge in [-0.3, -0.25) is 4.79 Å². The van der Waals surface area contributed by atoms with Crippen LogP contribution in [0.25, 0.3) is 10.1 Å². The number of rotatable bonds is 3. The molecule has 1 amide bonds. The zero-order chi connectivity index (χ0) is 14.8. The van der Waals surface area contributed by atoms with E-state index in [2.05, 4.69) is 24.4 Å². The van der Waals surface area contributed by atoms with Crippen molar-refractivity contribution >= 4 is 27.3 Å². The van der Waals surface area contributed by atoms with Crippen LogP contribution < -0.4 is 5.32 Å². The molecule has 0 spiro atoms. The first kappa shape index (κ1) is 13.8.